The van der Waals surface area contributed by atoms with Gasteiger partial charge in [0, 0.05) is 22.7 Å². The molecular formula is C17H17FN2O2S. The van der Waals surface area contributed by atoms with Crippen LogP contribution in [0.5, 0.6) is 0 Å². The molecule has 0 atom stereocenters. The molecule has 120 valence electrons. The normalized spacial score (nSPS) is 10.2. The molecule has 0 saturated carbocycles. The zero-order valence-corrected chi connectivity index (χ0v) is 13.5. The summed E-state index contributed by atoms with van der Waals surface area (Å²) in [7, 11) is 0. The van der Waals surface area contributed by atoms with Crippen LogP contribution < -0.4 is 10.6 Å². The van der Waals surface area contributed by atoms with Crippen molar-refractivity contribution in [3.63, 3.8) is 0 Å². The third kappa shape index (κ3) is 5.41. The summed E-state index contributed by atoms with van der Waals surface area (Å²) in [5, 5.41) is 5.46. The van der Waals surface area contributed by atoms with Crippen LogP contribution in [0.1, 0.15) is 13.3 Å². The topological polar surface area (TPSA) is 58.2 Å². The number of nitrogens with one attached hydrogen (secondary N) is 2. The second kappa shape index (κ2) is 8.33. The minimum atomic E-state index is -0.338. The maximum Gasteiger partial charge on any atom is 0.234 e. The van der Waals surface area contributed by atoms with Gasteiger partial charge in [0.15, 0.2) is 0 Å². The first-order valence-electron chi connectivity index (χ1n) is 7.15. The molecule has 0 spiro atoms. The van der Waals surface area contributed by atoms with Gasteiger partial charge in [0.25, 0.3) is 0 Å². The highest BCUT2D eigenvalue weighted by atomic mass is 32.2. The van der Waals surface area contributed by atoms with Crippen molar-refractivity contribution >= 4 is 35.0 Å². The SMILES string of the molecule is CCC(=O)Nc1cccc(NC(=O)CSc2ccccc2F)c1. The van der Waals surface area contributed by atoms with Gasteiger partial charge in [-0.05, 0) is 30.3 Å². The van der Waals surface area contributed by atoms with E-state index in [-0.39, 0.29) is 23.4 Å². The molecule has 2 aromatic carbocycles. The summed E-state index contributed by atoms with van der Waals surface area (Å²) in [6.07, 6.45) is 0.385. The molecule has 0 aliphatic heterocycles. The molecule has 4 nitrogen and oxygen atoms in total. The average molecular weight is 332 g/mol. The standard InChI is InChI=1S/C17H17FN2O2S/c1-2-16(21)19-12-6-5-7-13(10-12)20-17(22)11-23-15-9-4-3-8-14(15)18/h3-10H,2,11H2,1H3,(H,19,21)(H,20,22). The monoisotopic (exact) mass is 332 g/mol. The van der Waals surface area contributed by atoms with Gasteiger partial charge in [0.05, 0.1) is 5.75 Å². The molecule has 0 aromatic heterocycles. The van der Waals surface area contributed by atoms with E-state index < -0.39 is 0 Å². The number of amides is 2. The molecule has 2 amide bonds. The molecule has 0 fully saturated rings. The fourth-order valence-corrected chi connectivity index (χ4v) is 2.57. The zero-order valence-electron chi connectivity index (χ0n) is 12.6. The fraction of sp³-hybridized carbons (Fsp3) is 0.176. The van der Waals surface area contributed by atoms with E-state index in [4.69, 9.17) is 0 Å². The third-order valence-electron chi connectivity index (χ3n) is 2.95. The van der Waals surface area contributed by atoms with Crippen molar-refractivity contribution in [1.29, 1.82) is 0 Å². The number of thioether (sulfide) groups is 1. The van der Waals surface area contributed by atoms with Crippen LogP contribution in [-0.4, -0.2) is 17.6 Å². The molecule has 23 heavy (non-hydrogen) atoms. The minimum Gasteiger partial charge on any atom is -0.326 e. The van der Waals surface area contributed by atoms with Crippen LogP contribution in [0.3, 0.4) is 0 Å². The van der Waals surface area contributed by atoms with Gasteiger partial charge in [-0.15, -0.1) is 11.8 Å². The molecule has 0 radical (unpaired) electrons. The molecule has 0 aliphatic carbocycles. The molecule has 0 unspecified atom stereocenters. The van der Waals surface area contributed by atoms with Crippen LogP contribution >= 0.6 is 11.8 Å². The first-order chi connectivity index (χ1) is 11.1. The number of hydrogen-bond donors (Lipinski definition) is 2. The number of carbonyl (C=O) groups is 2. The van der Waals surface area contributed by atoms with Gasteiger partial charge in [-0.3, -0.25) is 9.59 Å². The Kier molecular flexibility index (Phi) is 6.17. The number of anilines is 2. The molecule has 2 N–H and O–H groups in total. The lowest BCUT2D eigenvalue weighted by molar-refractivity contribution is -0.116. The first-order valence-corrected chi connectivity index (χ1v) is 8.14. The Morgan fingerprint density at radius 1 is 1.00 bits per heavy atom. The van der Waals surface area contributed by atoms with Crippen molar-refractivity contribution in [2.45, 2.75) is 18.2 Å². The number of rotatable bonds is 6. The molecule has 2 aromatic rings. The molecule has 0 saturated heterocycles. The predicted molar refractivity (Wildman–Crippen MR) is 91.1 cm³/mol. The van der Waals surface area contributed by atoms with E-state index in [9.17, 15) is 14.0 Å². The summed E-state index contributed by atoms with van der Waals surface area (Å²) in [6.45, 7) is 1.76. The Hall–Kier alpha value is -2.34. The highest BCUT2D eigenvalue weighted by Crippen LogP contribution is 2.22. The van der Waals surface area contributed by atoms with Crippen molar-refractivity contribution in [3.05, 3.63) is 54.3 Å². The number of carbonyl (C=O) groups excluding carboxylic acids is 2. The van der Waals surface area contributed by atoms with E-state index in [0.29, 0.717) is 22.7 Å². The van der Waals surface area contributed by atoms with Gasteiger partial charge in [-0.2, -0.15) is 0 Å². The Labute approximate surface area is 138 Å². The van der Waals surface area contributed by atoms with E-state index >= 15 is 0 Å². The van der Waals surface area contributed by atoms with Crippen LogP contribution in [-0.2, 0) is 9.59 Å². The van der Waals surface area contributed by atoms with Crippen LogP contribution in [0.15, 0.2) is 53.4 Å². The molecule has 2 rings (SSSR count). The second-order valence-electron chi connectivity index (χ2n) is 4.75. The smallest absolute Gasteiger partial charge is 0.234 e. The van der Waals surface area contributed by atoms with Crippen LogP contribution in [0, 0.1) is 5.82 Å². The van der Waals surface area contributed by atoms with Crippen molar-refractivity contribution in [3.8, 4) is 0 Å². The zero-order chi connectivity index (χ0) is 16.7. The van der Waals surface area contributed by atoms with Crippen molar-refractivity contribution in [1.82, 2.24) is 0 Å². The highest BCUT2D eigenvalue weighted by molar-refractivity contribution is 8.00. The number of benzene rings is 2. The average Bonchev–Trinajstić information content (AvgIpc) is 2.54. The Bertz CT molecular complexity index is 706. The summed E-state index contributed by atoms with van der Waals surface area (Å²) in [5.41, 5.74) is 1.20. The molecule has 0 aliphatic rings. The van der Waals surface area contributed by atoms with Crippen LogP contribution in [0.25, 0.3) is 0 Å². The summed E-state index contributed by atoms with van der Waals surface area (Å²) in [4.78, 5) is 23.8. The van der Waals surface area contributed by atoms with E-state index in [1.807, 2.05) is 0 Å². The quantitative estimate of drug-likeness (QED) is 0.789. The summed E-state index contributed by atoms with van der Waals surface area (Å²) in [5.74, 6) is -0.567. The van der Waals surface area contributed by atoms with Crippen LogP contribution in [0.4, 0.5) is 15.8 Å². The Morgan fingerprint density at radius 2 is 1.65 bits per heavy atom. The molecular weight excluding hydrogens is 315 g/mol. The third-order valence-corrected chi connectivity index (χ3v) is 4.00. The van der Waals surface area contributed by atoms with Crippen molar-refractivity contribution in [2.75, 3.05) is 16.4 Å². The molecule has 0 heterocycles. The maximum atomic E-state index is 13.5. The number of hydrogen-bond acceptors (Lipinski definition) is 3. The molecule has 0 bridgehead atoms. The lowest BCUT2D eigenvalue weighted by atomic mass is 10.2. The highest BCUT2D eigenvalue weighted by Gasteiger charge is 2.07. The Balaban J connectivity index is 1.91. The van der Waals surface area contributed by atoms with Gasteiger partial charge < -0.3 is 10.6 Å². The largest absolute Gasteiger partial charge is 0.326 e. The number of halogens is 1. The van der Waals surface area contributed by atoms with E-state index in [0.717, 1.165) is 11.8 Å². The molecule has 6 heteroatoms. The maximum absolute atomic E-state index is 13.5. The lowest BCUT2D eigenvalue weighted by Gasteiger charge is -2.08. The van der Waals surface area contributed by atoms with Gasteiger partial charge in [-0.25, -0.2) is 4.39 Å². The van der Waals surface area contributed by atoms with Crippen molar-refractivity contribution < 1.29 is 14.0 Å². The predicted octanol–water partition coefficient (Wildman–Crippen LogP) is 3.91. The summed E-state index contributed by atoms with van der Waals surface area (Å²) in [6, 6.07) is 13.2. The fourth-order valence-electron chi connectivity index (χ4n) is 1.83. The van der Waals surface area contributed by atoms with Gasteiger partial charge >= 0.3 is 0 Å². The van der Waals surface area contributed by atoms with Gasteiger partial charge in [-0.1, -0.05) is 25.1 Å². The van der Waals surface area contributed by atoms with Crippen LogP contribution in [0.2, 0.25) is 0 Å². The van der Waals surface area contributed by atoms with Gasteiger partial charge in [0.2, 0.25) is 11.8 Å². The Morgan fingerprint density at radius 3 is 2.30 bits per heavy atom. The lowest BCUT2D eigenvalue weighted by Crippen LogP contribution is -2.15. The van der Waals surface area contributed by atoms with Gasteiger partial charge in [0.1, 0.15) is 5.82 Å². The summed E-state index contributed by atoms with van der Waals surface area (Å²) >= 11 is 1.14. The summed E-state index contributed by atoms with van der Waals surface area (Å²) < 4.78 is 13.5. The first kappa shape index (κ1) is 17.0. The minimum absolute atomic E-state index is 0.0939. The second-order valence-corrected chi connectivity index (χ2v) is 5.77. The van der Waals surface area contributed by atoms with E-state index in [1.54, 1.807) is 49.4 Å². The van der Waals surface area contributed by atoms with E-state index in [1.165, 1.54) is 6.07 Å². The van der Waals surface area contributed by atoms with E-state index in [2.05, 4.69) is 10.6 Å². The van der Waals surface area contributed by atoms with Crippen molar-refractivity contribution in [2.24, 2.45) is 0 Å².